The fourth-order valence-corrected chi connectivity index (χ4v) is 5.37. The molecule has 0 saturated heterocycles. The molecule has 230 valence electrons. The summed E-state index contributed by atoms with van der Waals surface area (Å²) in [7, 11) is -2.00. The molecule has 6 aromatic rings. The molecule has 0 aliphatic rings. The van der Waals surface area contributed by atoms with Gasteiger partial charge in [-0.15, -0.1) is 0 Å². The molecule has 0 heterocycles. The molecule has 0 atom stereocenters. The SMILES string of the molecule is Cc1ccc(OP(Oc2ccc(C)c(Oc3ccccc3)c2)Oc2ccc(C)c(Oc3ccccc3)c2)cc1Oc1ccccc1. The van der Waals surface area contributed by atoms with Crippen LogP contribution in [0.1, 0.15) is 16.7 Å². The Kier molecular flexibility index (Phi) is 9.67. The molecule has 0 aromatic heterocycles. The molecule has 7 heteroatoms. The summed E-state index contributed by atoms with van der Waals surface area (Å²) in [6.45, 7) is 5.96. The molecular weight excluding hydrogens is 595 g/mol. The molecule has 0 spiro atoms. The number of hydrogen-bond donors (Lipinski definition) is 0. The van der Waals surface area contributed by atoms with Gasteiger partial charge in [0, 0.05) is 18.2 Å². The fourth-order valence-electron chi connectivity index (χ4n) is 4.40. The Morgan fingerprint density at radius 3 is 0.891 bits per heavy atom. The summed E-state index contributed by atoms with van der Waals surface area (Å²) in [5.41, 5.74) is 2.89. The second-order valence-electron chi connectivity index (χ2n) is 10.5. The van der Waals surface area contributed by atoms with Crippen LogP contribution >= 0.6 is 8.60 Å². The Balaban J connectivity index is 1.28. The molecule has 6 rings (SSSR count). The zero-order valence-corrected chi connectivity index (χ0v) is 26.6. The van der Waals surface area contributed by atoms with Gasteiger partial charge in [0.05, 0.1) is 0 Å². The van der Waals surface area contributed by atoms with Crippen LogP contribution in [0.5, 0.6) is 51.7 Å². The van der Waals surface area contributed by atoms with Gasteiger partial charge in [0.1, 0.15) is 51.7 Å². The lowest BCUT2D eigenvalue weighted by Crippen LogP contribution is -2.03. The predicted octanol–water partition coefficient (Wildman–Crippen LogP) is 11.8. The van der Waals surface area contributed by atoms with E-state index in [1.807, 2.05) is 166 Å². The summed E-state index contributed by atoms with van der Waals surface area (Å²) in [4.78, 5) is 0. The highest BCUT2D eigenvalue weighted by Gasteiger charge is 2.22. The minimum atomic E-state index is -2.00. The molecule has 0 N–H and O–H groups in total. The van der Waals surface area contributed by atoms with Crippen LogP contribution in [-0.2, 0) is 0 Å². The average molecular weight is 629 g/mol. The molecule has 0 saturated carbocycles. The minimum Gasteiger partial charge on any atom is -0.457 e. The number of ether oxygens (including phenoxy) is 3. The van der Waals surface area contributed by atoms with Crippen LogP contribution in [0.3, 0.4) is 0 Å². The van der Waals surface area contributed by atoms with Crippen LogP contribution in [0.25, 0.3) is 0 Å². The van der Waals surface area contributed by atoms with E-state index in [4.69, 9.17) is 27.8 Å². The van der Waals surface area contributed by atoms with E-state index in [0.29, 0.717) is 34.5 Å². The molecule has 6 aromatic carbocycles. The summed E-state index contributed by atoms with van der Waals surface area (Å²) in [6.07, 6.45) is 0. The van der Waals surface area contributed by atoms with E-state index in [0.717, 1.165) is 33.9 Å². The van der Waals surface area contributed by atoms with Crippen LogP contribution in [0.4, 0.5) is 0 Å². The van der Waals surface area contributed by atoms with Crippen molar-refractivity contribution in [1.29, 1.82) is 0 Å². The molecule has 0 bridgehead atoms. The van der Waals surface area contributed by atoms with Crippen molar-refractivity contribution in [3.05, 3.63) is 162 Å². The van der Waals surface area contributed by atoms with E-state index < -0.39 is 8.60 Å². The van der Waals surface area contributed by atoms with Crippen molar-refractivity contribution in [2.75, 3.05) is 0 Å². The first-order chi connectivity index (χ1) is 22.5. The minimum absolute atomic E-state index is 0.531. The van der Waals surface area contributed by atoms with Crippen LogP contribution in [0.2, 0.25) is 0 Å². The third-order valence-electron chi connectivity index (χ3n) is 6.93. The van der Waals surface area contributed by atoms with Gasteiger partial charge in [-0.2, -0.15) is 0 Å². The molecule has 0 aliphatic heterocycles. The van der Waals surface area contributed by atoms with Crippen molar-refractivity contribution >= 4 is 8.60 Å². The Morgan fingerprint density at radius 2 is 0.609 bits per heavy atom. The average Bonchev–Trinajstić information content (AvgIpc) is 3.07. The van der Waals surface area contributed by atoms with E-state index in [9.17, 15) is 0 Å². The lowest BCUT2D eigenvalue weighted by atomic mass is 10.2. The van der Waals surface area contributed by atoms with E-state index >= 15 is 0 Å². The number of benzene rings is 6. The van der Waals surface area contributed by atoms with Crippen molar-refractivity contribution in [3.63, 3.8) is 0 Å². The van der Waals surface area contributed by atoms with Gasteiger partial charge in [0.25, 0.3) is 0 Å². The standard InChI is InChI=1S/C39H33O6P/c1-28-19-22-34(25-37(28)40-31-13-7-4-8-14-31)43-46(44-35-23-20-29(2)38(26-35)41-32-15-9-5-10-16-32)45-36-24-21-30(3)39(27-36)42-33-17-11-6-12-18-33/h4-27H,1-3H3. The number of para-hydroxylation sites is 3. The van der Waals surface area contributed by atoms with Gasteiger partial charge in [-0.25, -0.2) is 0 Å². The van der Waals surface area contributed by atoms with Crippen LogP contribution in [0.15, 0.2) is 146 Å². The molecular formula is C39H33O6P. The van der Waals surface area contributed by atoms with Crippen molar-refractivity contribution in [2.45, 2.75) is 20.8 Å². The monoisotopic (exact) mass is 628 g/mol. The van der Waals surface area contributed by atoms with Crippen LogP contribution in [0, 0.1) is 20.8 Å². The molecule has 0 aliphatic carbocycles. The summed E-state index contributed by atoms with van der Waals surface area (Å²) < 4.78 is 37.6. The van der Waals surface area contributed by atoms with E-state index in [1.165, 1.54) is 0 Å². The summed E-state index contributed by atoms with van der Waals surface area (Å²) in [6, 6.07) is 45.8. The van der Waals surface area contributed by atoms with E-state index in [1.54, 1.807) is 0 Å². The van der Waals surface area contributed by atoms with Gasteiger partial charge in [0.2, 0.25) is 0 Å². The molecule has 0 radical (unpaired) electrons. The zero-order valence-electron chi connectivity index (χ0n) is 25.8. The highest BCUT2D eigenvalue weighted by Crippen LogP contribution is 2.45. The first kappa shape index (κ1) is 30.6. The highest BCUT2D eigenvalue weighted by atomic mass is 31.2. The topological polar surface area (TPSA) is 55.4 Å². The van der Waals surface area contributed by atoms with Gasteiger partial charge in [-0.05, 0) is 92.1 Å². The largest absolute Gasteiger partial charge is 0.530 e. The molecule has 0 amide bonds. The maximum Gasteiger partial charge on any atom is 0.530 e. The summed E-state index contributed by atoms with van der Waals surface area (Å²) in [5, 5.41) is 0. The second kappa shape index (κ2) is 14.6. The molecule has 6 nitrogen and oxygen atoms in total. The highest BCUT2D eigenvalue weighted by molar-refractivity contribution is 7.43. The summed E-state index contributed by atoms with van der Waals surface area (Å²) >= 11 is 0. The van der Waals surface area contributed by atoms with Crippen molar-refractivity contribution in [1.82, 2.24) is 0 Å². The Bertz CT molecular complexity index is 1660. The van der Waals surface area contributed by atoms with Gasteiger partial charge in [-0.1, -0.05) is 72.8 Å². The van der Waals surface area contributed by atoms with Crippen molar-refractivity contribution in [3.8, 4) is 51.7 Å². The van der Waals surface area contributed by atoms with Crippen molar-refractivity contribution < 1.29 is 27.8 Å². The van der Waals surface area contributed by atoms with Gasteiger partial charge < -0.3 is 27.8 Å². The third kappa shape index (κ3) is 8.17. The summed E-state index contributed by atoms with van der Waals surface area (Å²) in [5.74, 6) is 5.79. The Morgan fingerprint density at radius 1 is 0.326 bits per heavy atom. The first-order valence-corrected chi connectivity index (χ1v) is 15.9. The lowest BCUT2D eigenvalue weighted by molar-refractivity contribution is 0.383. The van der Waals surface area contributed by atoms with Gasteiger partial charge >= 0.3 is 8.60 Å². The maximum absolute atomic E-state index is 6.39. The molecule has 0 fully saturated rings. The van der Waals surface area contributed by atoms with Gasteiger partial charge in [0.15, 0.2) is 0 Å². The fraction of sp³-hybridized carbons (Fsp3) is 0.0769. The van der Waals surface area contributed by atoms with Crippen molar-refractivity contribution in [2.24, 2.45) is 0 Å². The second-order valence-corrected chi connectivity index (χ2v) is 11.5. The van der Waals surface area contributed by atoms with E-state index in [-0.39, 0.29) is 0 Å². The first-order valence-electron chi connectivity index (χ1n) is 14.8. The van der Waals surface area contributed by atoms with Crippen LogP contribution in [-0.4, -0.2) is 0 Å². The number of aryl methyl sites for hydroxylation is 3. The Labute approximate surface area is 270 Å². The molecule has 0 unspecified atom stereocenters. The lowest BCUT2D eigenvalue weighted by Gasteiger charge is -2.20. The zero-order chi connectivity index (χ0) is 31.7. The maximum atomic E-state index is 6.39. The van der Waals surface area contributed by atoms with Crippen LogP contribution < -0.4 is 27.8 Å². The molecule has 46 heavy (non-hydrogen) atoms. The normalized spacial score (nSPS) is 10.7. The number of hydrogen-bond acceptors (Lipinski definition) is 6. The number of rotatable bonds is 12. The third-order valence-corrected chi connectivity index (χ3v) is 8.01. The van der Waals surface area contributed by atoms with Gasteiger partial charge in [-0.3, -0.25) is 0 Å². The predicted molar refractivity (Wildman–Crippen MR) is 182 cm³/mol. The van der Waals surface area contributed by atoms with E-state index in [2.05, 4.69) is 0 Å². The Hall–Kier alpha value is -5.45. The quantitative estimate of drug-likeness (QED) is 0.126. The smallest absolute Gasteiger partial charge is 0.457 e.